The zero-order chi connectivity index (χ0) is 17.9. The number of anilines is 1. The molecule has 1 aromatic rings. The summed E-state index contributed by atoms with van der Waals surface area (Å²) in [7, 11) is 1.92. The van der Waals surface area contributed by atoms with Crippen molar-refractivity contribution in [3.63, 3.8) is 0 Å². The lowest BCUT2D eigenvalue weighted by atomic mass is 9.96. The molecule has 1 aliphatic rings. The first-order chi connectivity index (χ1) is 11.2. The average molecular weight is 351 g/mol. The number of thiophene rings is 1. The third kappa shape index (κ3) is 4.59. The van der Waals surface area contributed by atoms with Crippen LogP contribution in [0.4, 0.5) is 5.00 Å². The Kier molecular flexibility index (Phi) is 6.07. The maximum absolute atomic E-state index is 12.9. The zero-order valence-corrected chi connectivity index (χ0v) is 16.4. The van der Waals surface area contributed by atoms with E-state index in [-0.39, 0.29) is 11.8 Å². The highest BCUT2D eigenvalue weighted by Gasteiger charge is 2.26. The molecule has 2 rings (SSSR count). The molecule has 1 saturated carbocycles. The topological polar surface area (TPSA) is 49.4 Å². The molecule has 1 N–H and O–H groups in total. The van der Waals surface area contributed by atoms with Crippen molar-refractivity contribution >= 4 is 28.2 Å². The summed E-state index contributed by atoms with van der Waals surface area (Å²) in [6, 6.07) is 2.25. The van der Waals surface area contributed by atoms with Gasteiger partial charge in [-0.1, -0.05) is 46.5 Å². The van der Waals surface area contributed by atoms with Gasteiger partial charge >= 0.3 is 0 Å². The quantitative estimate of drug-likeness (QED) is 0.793. The average Bonchev–Trinajstić information content (AvgIpc) is 2.72. The van der Waals surface area contributed by atoms with E-state index in [1.807, 2.05) is 45.7 Å². The number of hydrogen-bond acceptors (Lipinski definition) is 3. The van der Waals surface area contributed by atoms with Gasteiger partial charge in [-0.15, -0.1) is 11.3 Å². The van der Waals surface area contributed by atoms with Crippen molar-refractivity contribution in [3.05, 3.63) is 16.5 Å². The molecule has 1 heterocycles. The minimum absolute atomic E-state index is 0.0279. The van der Waals surface area contributed by atoms with E-state index in [2.05, 4.69) is 5.32 Å². The predicted octanol–water partition coefficient (Wildman–Crippen LogP) is 4.84. The highest BCUT2D eigenvalue weighted by atomic mass is 32.1. The van der Waals surface area contributed by atoms with Crippen LogP contribution < -0.4 is 5.32 Å². The van der Waals surface area contributed by atoms with Crippen LogP contribution in [0, 0.1) is 12.3 Å². The second kappa shape index (κ2) is 7.68. The van der Waals surface area contributed by atoms with E-state index in [0.717, 1.165) is 28.3 Å². The molecule has 24 heavy (non-hydrogen) atoms. The lowest BCUT2D eigenvalue weighted by Gasteiger charge is -2.27. The predicted molar refractivity (Wildman–Crippen MR) is 101 cm³/mol. The number of amides is 2. The van der Waals surface area contributed by atoms with Crippen molar-refractivity contribution in [1.29, 1.82) is 0 Å². The van der Waals surface area contributed by atoms with Crippen molar-refractivity contribution in [2.75, 3.05) is 12.4 Å². The molecule has 0 aliphatic heterocycles. The van der Waals surface area contributed by atoms with Gasteiger partial charge in [0.25, 0.3) is 5.91 Å². The Morgan fingerprint density at radius 2 is 1.75 bits per heavy atom. The molecule has 1 aromatic heterocycles. The number of carbonyl (C=O) groups is 2. The van der Waals surface area contributed by atoms with E-state index in [1.165, 1.54) is 37.0 Å². The van der Waals surface area contributed by atoms with Gasteiger partial charge in [0.05, 0.1) is 9.88 Å². The summed E-state index contributed by atoms with van der Waals surface area (Å²) in [6.45, 7) is 7.59. The number of hydrogen-bond donors (Lipinski definition) is 1. The zero-order valence-electron chi connectivity index (χ0n) is 15.6. The highest BCUT2D eigenvalue weighted by molar-refractivity contribution is 7.18. The van der Waals surface area contributed by atoms with Gasteiger partial charge in [0.15, 0.2) is 0 Å². The first kappa shape index (κ1) is 19.0. The van der Waals surface area contributed by atoms with Crippen LogP contribution in [-0.4, -0.2) is 29.8 Å². The Bertz CT molecular complexity index is 593. The van der Waals surface area contributed by atoms with Gasteiger partial charge in [-0.05, 0) is 31.4 Å². The van der Waals surface area contributed by atoms with E-state index in [1.54, 1.807) is 0 Å². The Balaban J connectivity index is 2.10. The summed E-state index contributed by atoms with van der Waals surface area (Å²) in [6.07, 6.45) is 7.16. The monoisotopic (exact) mass is 350 g/mol. The lowest BCUT2D eigenvalue weighted by Crippen LogP contribution is -2.36. The molecule has 5 heteroatoms. The molecule has 0 aromatic carbocycles. The maximum atomic E-state index is 12.9. The first-order valence-corrected chi connectivity index (χ1v) is 9.71. The van der Waals surface area contributed by atoms with Crippen LogP contribution in [0.5, 0.6) is 0 Å². The van der Waals surface area contributed by atoms with Crippen LogP contribution >= 0.6 is 11.3 Å². The normalized spacial score (nSPS) is 16.5. The van der Waals surface area contributed by atoms with Crippen molar-refractivity contribution in [1.82, 2.24) is 4.90 Å². The second-order valence-corrected chi connectivity index (χ2v) is 8.94. The largest absolute Gasteiger partial charge is 0.338 e. The SMILES string of the molecule is Cc1cc(NC(=O)C(C)(C)C)sc1C(=O)N(C)C1CCCCCC1. The van der Waals surface area contributed by atoms with Crippen LogP contribution in [0.25, 0.3) is 0 Å². The lowest BCUT2D eigenvalue weighted by molar-refractivity contribution is -0.123. The van der Waals surface area contributed by atoms with Crippen molar-refractivity contribution < 1.29 is 9.59 Å². The molecular weight excluding hydrogens is 320 g/mol. The molecule has 0 unspecified atom stereocenters. The minimum atomic E-state index is -0.445. The Morgan fingerprint density at radius 3 is 2.29 bits per heavy atom. The molecule has 0 atom stereocenters. The summed E-state index contributed by atoms with van der Waals surface area (Å²) in [5.41, 5.74) is 0.494. The summed E-state index contributed by atoms with van der Waals surface area (Å²) in [4.78, 5) is 27.7. The van der Waals surface area contributed by atoms with Gasteiger partial charge in [-0.25, -0.2) is 0 Å². The minimum Gasteiger partial charge on any atom is -0.338 e. The number of nitrogens with one attached hydrogen (secondary N) is 1. The molecule has 2 amide bonds. The molecular formula is C19H30N2O2S. The van der Waals surface area contributed by atoms with E-state index in [0.29, 0.717) is 6.04 Å². The summed E-state index contributed by atoms with van der Waals surface area (Å²) in [5, 5.41) is 3.69. The van der Waals surface area contributed by atoms with Crippen molar-refractivity contribution in [2.24, 2.45) is 5.41 Å². The van der Waals surface area contributed by atoms with Gasteiger partial charge in [-0.3, -0.25) is 9.59 Å². The van der Waals surface area contributed by atoms with Crippen LogP contribution in [0.15, 0.2) is 6.07 Å². The van der Waals surface area contributed by atoms with Crippen molar-refractivity contribution in [3.8, 4) is 0 Å². The van der Waals surface area contributed by atoms with E-state index in [9.17, 15) is 9.59 Å². The second-order valence-electron chi connectivity index (χ2n) is 7.89. The fraction of sp³-hybridized carbons (Fsp3) is 0.684. The van der Waals surface area contributed by atoms with E-state index >= 15 is 0 Å². The van der Waals surface area contributed by atoms with Crippen molar-refractivity contribution in [2.45, 2.75) is 72.3 Å². The van der Waals surface area contributed by atoms with Crippen LogP contribution in [0.3, 0.4) is 0 Å². The van der Waals surface area contributed by atoms with Crippen LogP contribution in [0.2, 0.25) is 0 Å². The van der Waals surface area contributed by atoms with Gasteiger partial charge < -0.3 is 10.2 Å². The molecule has 0 saturated heterocycles. The summed E-state index contributed by atoms with van der Waals surface area (Å²) >= 11 is 1.39. The summed E-state index contributed by atoms with van der Waals surface area (Å²) in [5.74, 6) is 0.0560. The summed E-state index contributed by atoms with van der Waals surface area (Å²) < 4.78 is 0. The van der Waals surface area contributed by atoms with Crippen LogP contribution in [0.1, 0.15) is 74.5 Å². The molecule has 0 radical (unpaired) electrons. The molecule has 0 spiro atoms. The van der Waals surface area contributed by atoms with Gasteiger partial charge in [0, 0.05) is 18.5 Å². The third-order valence-corrected chi connectivity index (χ3v) is 5.86. The highest BCUT2D eigenvalue weighted by Crippen LogP contribution is 2.31. The number of nitrogens with zero attached hydrogens (tertiary/aromatic N) is 1. The van der Waals surface area contributed by atoms with E-state index in [4.69, 9.17) is 0 Å². The van der Waals surface area contributed by atoms with Gasteiger partial charge in [0.2, 0.25) is 5.91 Å². The third-order valence-electron chi connectivity index (χ3n) is 4.72. The molecule has 4 nitrogen and oxygen atoms in total. The first-order valence-electron chi connectivity index (χ1n) is 8.89. The fourth-order valence-corrected chi connectivity index (χ4v) is 4.08. The number of aryl methyl sites for hydroxylation is 1. The van der Waals surface area contributed by atoms with Crippen LogP contribution in [-0.2, 0) is 4.79 Å². The number of rotatable bonds is 3. The standard InChI is InChI=1S/C19H30N2O2S/c1-13-12-15(20-18(23)19(2,3)4)24-16(13)17(22)21(5)14-10-8-6-7-9-11-14/h12,14H,6-11H2,1-5H3,(H,20,23). The smallest absolute Gasteiger partial charge is 0.264 e. The van der Waals surface area contributed by atoms with Gasteiger partial charge in [-0.2, -0.15) is 0 Å². The molecule has 0 bridgehead atoms. The molecule has 134 valence electrons. The molecule has 1 aliphatic carbocycles. The Labute approximate surface area is 149 Å². The number of carbonyl (C=O) groups excluding carboxylic acids is 2. The maximum Gasteiger partial charge on any atom is 0.264 e. The molecule has 1 fully saturated rings. The Morgan fingerprint density at radius 1 is 1.17 bits per heavy atom. The Hall–Kier alpha value is -1.36. The van der Waals surface area contributed by atoms with E-state index < -0.39 is 5.41 Å². The fourth-order valence-electron chi connectivity index (χ4n) is 3.03. The van der Waals surface area contributed by atoms with Gasteiger partial charge in [0.1, 0.15) is 0 Å².